The molecule has 1 heterocycles. The summed E-state index contributed by atoms with van der Waals surface area (Å²) in [5.41, 5.74) is 2.75. The van der Waals surface area contributed by atoms with Crippen molar-refractivity contribution >= 4 is 6.41 Å². The number of hydrogen-bond acceptors (Lipinski definition) is 3. The molecule has 0 bridgehead atoms. The van der Waals surface area contributed by atoms with Crippen LogP contribution in [0.4, 0.5) is 0 Å². The molecular weight excluding hydrogens is 216 g/mol. The Morgan fingerprint density at radius 2 is 2.18 bits per heavy atom. The largest absolute Gasteiger partial charge is 0.390 e. The molecule has 0 saturated carbocycles. The lowest BCUT2D eigenvalue weighted by Crippen LogP contribution is -2.40. The number of benzene rings is 1. The Morgan fingerprint density at radius 1 is 1.41 bits per heavy atom. The number of rotatable bonds is 5. The molecule has 4 heteroatoms. The van der Waals surface area contributed by atoms with Crippen LogP contribution in [-0.2, 0) is 17.8 Å². The third-order valence-electron chi connectivity index (χ3n) is 3.12. The van der Waals surface area contributed by atoms with E-state index in [1.165, 1.54) is 11.1 Å². The van der Waals surface area contributed by atoms with E-state index in [1.54, 1.807) is 0 Å². The van der Waals surface area contributed by atoms with Crippen molar-refractivity contribution in [2.45, 2.75) is 19.1 Å². The zero-order valence-electron chi connectivity index (χ0n) is 9.80. The van der Waals surface area contributed by atoms with Crippen LogP contribution < -0.4 is 5.32 Å². The van der Waals surface area contributed by atoms with Crippen LogP contribution in [0.25, 0.3) is 0 Å². The minimum atomic E-state index is -0.495. The van der Waals surface area contributed by atoms with Crippen LogP contribution in [0.1, 0.15) is 11.1 Å². The van der Waals surface area contributed by atoms with Gasteiger partial charge in [-0.1, -0.05) is 24.3 Å². The number of aliphatic hydroxyl groups is 1. The summed E-state index contributed by atoms with van der Waals surface area (Å²) in [5, 5.41) is 12.2. The Bertz CT molecular complexity index is 381. The third kappa shape index (κ3) is 3.28. The van der Waals surface area contributed by atoms with Crippen molar-refractivity contribution in [3.8, 4) is 0 Å². The van der Waals surface area contributed by atoms with Gasteiger partial charge in [-0.2, -0.15) is 0 Å². The Balaban J connectivity index is 1.87. The van der Waals surface area contributed by atoms with Crippen LogP contribution in [0.5, 0.6) is 0 Å². The molecule has 1 atom stereocenters. The number of fused-ring (bicyclic) bond motifs is 1. The number of amides is 1. The smallest absolute Gasteiger partial charge is 0.207 e. The minimum absolute atomic E-state index is 0.321. The summed E-state index contributed by atoms with van der Waals surface area (Å²) in [7, 11) is 0. The fourth-order valence-electron chi connectivity index (χ4n) is 2.26. The molecule has 1 aromatic carbocycles. The Hall–Kier alpha value is -1.39. The second-order valence-electron chi connectivity index (χ2n) is 4.43. The van der Waals surface area contributed by atoms with E-state index in [9.17, 15) is 9.90 Å². The molecule has 1 aliphatic rings. The topological polar surface area (TPSA) is 52.6 Å². The van der Waals surface area contributed by atoms with E-state index in [1.807, 2.05) is 6.07 Å². The minimum Gasteiger partial charge on any atom is -0.390 e. The van der Waals surface area contributed by atoms with E-state index in [4.69, 9.17) is 0 Å². The summed E-state index contributed by atoms with van der Waals surface area (Å²) < 4.78 is 0. The fraction of sp³-hybridized carbons (Fsp3) is 0.462. The van der Waals surface area contributed by atoms with Crippen molar-refractivity contribution in [1.82, 2.24) is 10.2 Å². The van der Waals surface area contributed by atoms with E-state index < -0.39 is 6.10 Å². The molecule has 92 valence electrons. The summed E-state index contributed by atoms with van der Waals surface area (Å²) in [5.74, 6) is 0. The van der Waals surface area contributed by atoms with Gasteiger partial charge in [0.1, 0.15) is 0 Å². The van der Waals surface area contributed by atoms with Gasteiger partial charge in [-0.15, -0.1) is 0 Å². The van der Waals surface area contributed by atoms with Crippen molar-refractivity contribution in [3.63, 3.8) is 0 Å². The molecule has 17 heavy (non-hydrogen) atoms. The number of β-amino-alcohol motifs (C(OH)–C–C–N with tert-alkyl or cyclic N) is 1. The zero-order chi connectivity index (χ0) is 12.1. The third-order valence-corrected chi connectivity index (χ3v) is 3.12. The van der Waals surface area contributed by atoms with E-state index in [-0.39, 0.29) is 0 Å². The van der Waals surface area contributed by atoms with Crippen molar-refractivity contribution in [2.24, 2.45) is 0 Å². The number of hydrogen-bond donors (Lipinski definition) is 2. The first-order chi connectivity index (χ1) is 8.29. The number of carbonyl (C=O) groups excluding carboxylic acids is 1. The lowest BCUT2D eigenvalue weighted by atomic mass is 10.00. The monoisotopic (exact) mass is 234 g/mol. The second-order valence-corrected chi connectivity index (χ2v) is 4.43. The number of aliphatic hydroxyl groups excluding tert-OH is 1. The fourth-order valence-corrected chi connectivity index (χ4v) is 2.26. The molecule has 0 saturated heterocycles. The maximum atomic E-state index is 10.1. The highest BCUT2D eigenvalue weighted by atomic mass is 16.3. The van der Waals surface area contributed by atoms with E-state index >= 15 is 0 Å². The maximum absolute atomic E-state index is 10.1. The highest BCUT2D eigenvalue weighted by Crippen LogP contribution is 2.18. The van der Waals surface area contributed by atoms with Crippen molar-refractivity contribution in [2.75, 3.05) is 19.6 Å². The van der Waals surface area contributed by atoms with Gasteiger partial charge in [0.05, 0.1) is 6.10 Å². The van der Waals surface area contributed by atoms with Crippen LogP contribution in [0.2, 0.25) is 0 Å². The highest BCUT2D eigenvalue weighted by Gasteiger charge is 2.17. The Kier molecular flexibility index (Phi) is 4.12. The maximum Gasteiger partial charge on any atom is 0.207 e. The zero-order valence-corrected chi connectivity index (χ0v) is 9.80. The molecule has 1 aliphatic heterocycles. The van der Waals surface area contributed by atoms with Gasteiger partial charge in [0, 0.05) is 26.2 Å². The lowest BCUT2D eigenvalue weighted by molar-refractivity contribution is -0.110. The summed E-state index contributed by atoms with van der Waals surface area (Å²) in [4.78, 5) is 12.4. The van der Waals surface area contributed by atoms with Crippen LogP contribution in [-0.4, -0.2) is 42.2 Å². The highest BCUT2D eigenvalue weighted by molar-refractivity contribution is 5.45. The molecule has 1 amide bonds. The summed E-state index contributed by atoms with van der Waals surface area (Å²) in [6.45, 7) is 2.78. The van der Waals surface area contributed by atoms with Crippen LogP contribution >= 0.6 is 0 Å². The van der Waals surface area contributed by atoms with Gasteiger partial charge in [0.25, 0.3) is 0 Å². The average molecular weight is 234 g/mol. The van der Waals surface area contributed by atoms with Gasteiger partial charge in [0.2, 0.25) is 6.41 Å². The molecule has 0 fully saturated rings. The van der Waals surface area contributed by atoms with Crippen molar-refractivity contribution < 1.29 is 9.90 Å². The van der Waals surface area contributed by atoms with E-state index in [0.29, 0.717) is 19.5 Å². The molecule has 1 unspecified atom stereocenters. The van der Waals surface area contributed by atoms with Gasteiger partial charge in [-0.25, -0.2) is 0 Å². The van der Waals surface area contributed by atoms with Gasteiger partial charge in [-0.3, -0.25) is 9.69 Å². The molecule has 1 aromatic rings. The normalized spacial score (nSPS) is 17.2. The number of nitrogens with zero attached hydrogens (tertiary/aromatic N) is 1. The van der Waals surface area contributed by atoms with Gasteiger partial charge in [-0.05, 0) is 17.5 Å². The first-order valence-electron chi connectivity index (χ1n) is 5.94. The molecule has 0 aliphatic carbocycles. The SMILES string of the molecule is O=CNCC(O)CN1CCc2ccccc2C1. The molecule has 2 N–H and O–H groups in total. The average Bonchev–Trinajstić information content (AvgIpc) is 2.36. The first kappa shape index (κ1) is 12.1. The molecule has 2 rings (SSSR count). The van der Waals surface area contributed by atoms with E-state index in [0.717, 1.165) is 19.5 Å². The molecule has 4 nitrogen and oxygen atoms in total. The first-order valence-corrected chi connectivity index (χ1v) is 5.94. The van der Waals surface area contributed by atoms with Gasteiger partial charge < -0.3 is 10.4 Å². The molecule has 0 radical (unpaired) electrons. The molecule has 0 spiro atoms. The molecular formula is C13H18N2O2. The van der Waals surface area contributed by atoms with E-state index in [2.05, 4.69) is 28.4 Å². The van der Waals surface area contributed by atoms with Crippen LogP contribution in [0.15, 0.2) is 24.3 Å². The van der Waals surface area contributed by atoms with Crippen LogP contribution in [0, 0.1) is 0 Å². The molecule has 0 aromatic heterocycles. The Morgan fingerprint density at radius 3 is 2.94 bits per heavy atom. The van der Waals surface area contributed by atoms with Gasteiger partial charge >= 0.3 is 0 Å². The Labute approximate surface area is 101 Å². The van der Waals surface area contributed by atoms with Crippen LogP contribution in [0.3, 0.4) is 0 Å². The number of carbonyl (C=O) groups is 1. The van der Waals surface area contributed by atoms with Gasteiger partial charge in [0.15, 0.2) is 0 Å². The summed E-state index contributed by atoms with van der Waals surface area (Å²) in [6, 6.07) is 8.42. The standard InChI is InChI=1S/C13H18N2O2/c16-10-14-7-13(17)9-15-6-5-11-3-1-2-4-12(11)8-15/h1-4,10,13,17H,5-9H2,(H,14,16). The number of nitrogens with one attached hydrogen (secondary N) is 1. The summed E-state index contributed by atoms with van der Waals surface area (Å²) in [6.07, 6.45) is 1.16. The van der Waals surface area contributed by atoms with Crippen molar-refractivity contribution in [1.29, 1.82) is 0 Å². The quantitative estimate of drug-likeness (QED) is 0.713. The predicted octanol–water partition coefficient (Wildman–Crippen LogP) is 0.152. The lowest BCUT2D eigenvalue weighted by Gasteiger charge is -2.30. The second kappa shape index (κ2) is 5.80. The van der Waals surface area contributed by atoms with Crippen molar-refractivity contribution in [3.05, 3.63) is 35.4 Å². The summed E-state index contributed by atoms with van der Waals surface area (Å²) >= 11 is 0. The predicted molar refractivity (Wildman–Crippen MR) is 65.5 cm³/mol.